The van der Waals surface area contributed by atoms with Gasteiger partial charge in [0.1, 0.15) is 5.82 Å². The fourth-order valence-electron chi connectivity index (χ4n) is 4.41. The first-order valence-electron chi connectivity index (χ1n) is 10.3. The van der Waals surface area contributed by atoms with Crippen molar-refractivity contribution in [3.05, 3.63) is 42.1 Å². The van der Waals surface area contributed by atoms with Gasteiger partial charge in [0.05, 0.1) is 0 Å². The van der Waals surface area contributed by atoms with Gasteiger partial charge in [0.15, 0.2) is 5.82 Å². The molecule has 2 saturated heterocycles. The Morgan fingerprint density at radius 1 is 1.07 bits per heavy atom. The lowest BCUT2D eigenvalue weighted by molar-refractivity contribution is -0.119. The summed E-state index contributed by atoms with van der Waals surface area (Å²) in [4.78, 5) is 25.7. The second-order valence-corrected chi connectivity index (χ2v) is 7.96. The third kappa shape index (κ3) is 4.33. The summed E-state index contributed by atoms with van der Waals surface area (Å²) in [6.45, 7) is 7.73. The van der Waals surface area contributed by atoms with E-state index in [-0.39, 0.29) is 5.91 Å². The molecule has 1 aromatic heterocycles. The molecule has 28 heavy (non-hydrogen) atoms. The van der Waals surface area contributed by atoms with E-state index in [0.29, 0.717) is 12.1 Å². The van der Waals surface area contributed by atoms with Crippen LogP contribution in [0.3, 0.4) is 0 Å². The van der Waals surface area contributed by atoms with Gasteiger partial charge in [-0.2, -0.15) is 0 Å². The molecule has 2 fully saturated rings. The SMILES string of the molecule is CC(=O)NC1CCN(C2CCN(c3cc(C)nc(-c4ccccc4)n3)CC2)C1. The zero-order valence-electron chi connectivity index (χ0n) is 16.8. The number of anilines is 1. The van der Waals surface area contributed by atoms with E-state index < -0.39 is 0 Å². The zero-order chi connectivity index (χ0) is 19.5. The predicted molar refractivity (Wildman–Crippen MR) is 111 cm³/mol. The minimum atomic E-state index is 0.0787. The van der Waals surface area contributed by atoms with E-state index in [1.54, 1.807) is 6.92 Å². The van der Waals surface area contributed by atoms with Gasteiger partial charge in [0, 0.05) is 62.5 Å². The Labute approximate surface area is 167 Å². The molecular formula is C22H29N5O. The standard InChI is InChI=1S/C22H29N5O/c1-16-14-21(25-22(23-16)18-6-4-3-5-7-18)26-12-9-20(10-13-26)27-11-8-19(15-27)24-17(2)28/h3-7,14,19-20H,8-13,15H2,1-2H3,(H,24,28). The van der Waals surface area contributed by atoms with Crippen molar-refractivity contribution in [2.45, 2.75) is 45.2 Å². The summed E-state index contributed by atoms with van der Waals surface area (Å²) >= 11 is 0. The number of likely N-dealkylation sites (tertiary alicyclic amines) is 1. The number of hydrogen-bond acceptors (Lipinski definition) is 5. The number of aryl methyl sites for hydroxylation is 1. The highest BCUT2D eigenvalue weighted by Gasteiger charge is 2.31. The first-order valence-corrected chi connectivity index (χ1v) is 10.3. The molecule has 2 aliphatic heterocycles. The van der Waals surface area contributed by atoms with Crippen molar-refractivity contribution in [3.8, 4) is 11.4 Å². The van der Waals surface area contributed by atoms with Gasteiger partial charge in [-0.1, -0.05) is 30.3 Å². The molecule has 0 aliphatic carbocycles. The van der Waals surface area contributed by atoms with E-state index in [2.05, 4.69) is 38.3 Å². The van der Waals surface area contributed by atoms with Crippen LogP contribution < -0.4 is 10.2 Å². The fourth-order valence-corrected chi connectivity index (χ4v) is 4.41. The number of hydrogen-bond donors (Lipinski definition) is 1. The largest absolute Gasteiger partial charge is 0.356 e. The van der Waals surface area contributed by atoms with Gasteiger partial charge >= 0.3 is 0 Å². The predicted octanol–water partition coefficient (Wildman–Crippen LogP) is 2.63. The van der Waals surface area contributed by atoms with Crippen LogP contribution in [0.2, 0.25) is 0 Å². The Bertz CT molecular complexity index is 817. The van der Waals surface area contributed by atoms with Crippen LogP contribution >= 0.6 is 0 Å². The van der Waals surface area contributed by atoms with Crippen LogP contribution in [0.4, 0.5) is 5.82 Å². The lowest BCUT2D eigenvalue weighted by Gasteiger charge is -2.37. The molecule has 6 heteroatoms. The number of rotatable bonds is 4. The molecule has 0 radical (unpaired) electrons. The quantitative estimate of drug-likeness (QED) is 0.885. The van der Waals surface area contributed by atoms with Crippen molar-refractivity contribution in [1.29, 1.82) is 0 Å². The van der Waals surface area contributed by atoms with Crippen LogP contribution in [-0.4, -0.2) is 59.0 Å². The maximum Gasteiger partial charge on any atom is 0.217 e. The Morgan fingerprint density at radius 2 is 1.82 bits per heavy atom. The molecule has 1 aromatic carbocycles. The fraction of sp³-hybridized carbons (Fsp3) is 0.500. The third-order valence-electron chi connectivity index (χ3n) is 5.80. The van der Waals surface area contributed by atoms with Gasteiger partial charge in [0.2, 0.25) is 5.91 Å². The van der Waals surface area contributed by atoms with Gasteiger partial charge in [-0.05, 0) is 26.2 Å². The number of aromatic nitrogens is 2. The van der Waals surface area contributed by atoms with Crippen LogP contribution in [0, 0.1) is 6.92 Å². The van der Waals surface area contributed by atoms with Crippen LogP contribution in [0.15, 0.2) is 36.4 Å². The number of carbonyl (C=O) groups is 1. The number of carbonyl (C=O) groups excluding carboxylic acids is 1. The van der Waals surface area contributed by atoms with Crippen molar-refractivity contribution >= 4 is 11.7 Å². The monoisotopic (exact) mass is 379 g/mol. The smallest absolute Gasteiger partial charge is 0.217 e. The van der Waals surface area contributed by atoms with Crippen LogP contribution in [0.5, 0.6) is 0 Å². The van der Waals surface area contributed by atoms with Crippen molar-refractivity contribution in [2.24, 2.45) is 0 Å². The molecule has 0 spiro atoms. The number of amides is 1. The first kappa shape index (κ1) is 18.9. The molecule has 2 aliphatic rings. The maximum atomic E-state index is 11.3. The van der Waals surface area contributed by atoms with Gasteiger partial charge in [-0.15, -0.1) is 0 Å². The Hall–Kier alpha value is -2.47. The Morgan fingerprint density at radius 3 is 2.54 bits per heavy atom. The number of benzene rings is 1. The van der Waals surface area contributed by atoms with Crippen molar-refractivity contribution in [3.63, 3.8) is 0 Å². The highest BCUT2D eigenvalue weighted by Crippen LogP contribution is 2.26. The van der Waals surface area contributed by atoms with Gasteiger partial charge in [0.25, 0.3) is 0 Å². The highest BCUT2D eigenvalue weighted by atomic mass is 16.1. The van der Waals surface area contributed by atoms with Crippen LogP contribution in [-0.2, 0) is 4.79 Å². The highest BCUT2D eigenvalue weighted by molar-refractivity contribution is 5.73. The van der Waals surface area contributed by atoms with Crippen molar-refractivity contribution < 1.29 is 4.79 Å². The van der Waals surface area contributed by atoms with Gasteiger partial charge < -0.3 is 10.2 Å². The number of nitrogens with zero attached hydrogens (tertiary/aromatic N) is 4. The number of piperidine rings is 1. The normalized spacial score (nSPS) is 21.1. The molecule has 6 nitrogen and oxygen atoms in total. The Balaban J connectivity index is 1.39. The Kier molecular flexibility index (Phi) is 5.57. The number of nitrogens with one attached hydrogen (secondary N) is 1. The molecule has 0 bridgehead atoms. The summed E-state index contributed by atoms with van der Waals surface area (Å²) in [6, 6.07) is 13.2. The van der Waals surface area contributed by atoms with E-state index in [4.69, 9.17) is 4.98 Å². The summed E-state index contributed by atoms with van der Waals surface area (Å²) in [5, 5.41) is 3.07. The van der Waals surface area contributed by atoms with E-state index in [9.17, 15) is 4.79 Å². The molecule has 1 unspecified atom stereocenters. The lowest BCUT2D eigenvalue weighted by Crippen LogP contribution is -2.45. The van der Waals surface area contributed by atoms with E-state index in [1.165, 1.54) is 0 Å². The summed E-state index contributed by atoms with van der Waals surface area (Å²) < 4.78 is 0. The van der Waals surface area contributed by atoms with Crippen molar-refractivity contribution in [1.82, 2.24) is 20.2 Å². The third-order valence-corrected chi connectivity index (χ3v) is 5.80. The van der Waals surface area contributed by atoms with Crippen LogP contribution in [0.25, 0.3) is 11.4 Å². The second kappa shape index (κ2) is 8.27. The maximum absolute atomic E-state index is 11.3. The molecule has 1 atom stereocenters. The summed E-state index contributed by atoms with van der Waals surface area (Å²) in [5.41, 5.74) is 2.06. The van der Waals surface area contributed by atoms with Gasteiger partial charge in [-0.3, -0.25) is 9.69 Å². The topological polar surface area (TPSA) is 61.4 Å². The first-order chi connectivity index (χ1) is 13.6. The second-order valence-electron chi connectivity index (χ2n) is 7.96. The average molecular weight is 380 g/mol. The molecule has 1 amide bonds. The molecule has 3 heterocycles. The average Bonchev–Trinajstić information content (AvgIpc) is 3.16. The van der Waals surface area contributed by atoms with Crippen LogP contribution in [0.1, 0.15) is 31.9 Å². The van der Waals surface area contributed by atoms with E-state index in [1.807, 2.05) is 25.1 Å². The molecule has 2 aromatic rings. The molecule has 148 valence electrons. The lowest BCUT2D eigenvalue weighted by atomic mass is 10.0. The minimum Gasteiger partial charge on any atom is -0.356 e. The molecular weight excluding hydrogens is 350 g/mol. The summed E-state index contributed by atoms with van der Waals surface area (Å²) in [6.07, 6.45) is 3.33. The van der Waals surface area contributed by atoms with E-state index >= 15 is 0 Å². The minimum absolute atomic E-state index is 0.0787. The summed E-state index contributed by atoms with van der Waals surface area (Å²) in [7, 11) is 0. The molecule has 0 saturated carbocycles. The van der Waals surface area contributed by atoms with Crippen molar-refractivity contribution in [2.75, 3.05) is 31.1 Å². The summed E-state index contributed by atoms with van der Waals surface area (Å²) in [5.74, 6) is 1.91. The molecule has 4 rings (SSSR count). The van der Waals surface area contributed by atoms with Gasteiger partial charge in [-0.25, -0.2) is 9.97 Å². The molecule has 1 N–H and O–H groups in total. The van der Waals surface area contributed by atoms with E-state index in [0.717, 1.165) is 68.3 Å². The zero-order valence-corrected chi connectivity index (χ0v) is 16.8.